The van der Waals surface area contributed by atoms with E-state index < -0.39 is 5.60 Å². The van der Waals surface area contributed by atoms with Crippen LogP contribution < -0.4 is 0 Å². The number of unbranched alkanes of at least 4 members (excludes halogenated alkanes) is 1. The highest BCUT2D eigenvalue weighted by Gasteiger charge is 2.40. The summed E-state index contributed by atoms with van der Waals surface area (Å²) in [6, 6.07) is 0. The van der Waals surface area contributed by atoms with Crippen LogP contribution in [0.5, 0.6) is 0 Å². The van der Waals surface area contributed by atoms with Gasteiger partial charge in [-0.3, -0.25) is 0 Å². The van der Waals surface area contributed by atoms with Crippen molar-refractivity contribution in [1.82, 2.24) is 4.90 Å². The highest BCUT2D eigenvalue weighted by Crippen LogP contribution is 2.30. The van der Waals surface area contributed by atoms with Crippen molar-refractivity contribution in [1.29, 1.82) is 0 Å². The number of hydrogen-bond donors (Lipinski definition) is 0. The van der Waals surface area contributed by atoms with Crippen LogP contribution in [0.25, 0.3) is 0 Å². The Balaban J connectivity index is 2.50. The number of likely N-dealkylation sites (tertiary alicyclic amines) is 1. The molecule has 20 heavy (non-hydrogen) atoms. The number of carbonyl (C=O) groups excluding carboxylic acids is 1. The van der Waals surface area contributed by atoms with Gasteiger partial charge in [-0.1, -0.05) is 6.92 Å². The van der Waals surface area contributed by atoms with E-state index in [0.717, 1.165) is 25.7 Å². The molecule has 0 N–H and O–H groups in total. The van der Waals surface area contributed by atoms with Crippen molar-refractivity contribution < 1.29 is 14.3 Å². The van der Waals surface area contributed by atoms with E-state index in [1.54, 1.807) is 4.90 Å². The molecule has 4 nitrogen and oxygen atoms in total. The van der Waals surface area contributed by atoms with Gasteiger partial charge in [0.05, 0.1) is 12.1 Å². The van der Waals surface area contributed by atoms with Gasteiger partial charge >= 0.3 is 6.09 Å². The van der Waals surface area contributed by atoms with Gasteiger partial charge in [0, 0.05) is 19.6 Å². The summed E-state index contributed by atoms with van der Waals surface area (Å²) in [6.07, 6.45) is 8.33. The predicted octanol–water partition coefficient (Wildman–Crippen LogP) is 3.21. The van der Waals surface area contributed by atoms with Gasteiger partial charge in [-0.05, 0) is 40.0 Å². The largest absolute Gasteiger partial charge is 0.444 e. The van der Waals surface area contributed by atoms with E-state index >= 15 is 0 Å². The average Bonchev–Trinajstić information content (AvgIpc) is 2.78. The Bertz CT molecular complexity index is 367. The van der Waals surface area contributed by atoms with Crippen LogP contribution in [0.1, 0.15) is 53.4 Å². The summed E-state index contributed by atoms with van der Waals surface area (Å²) in [5.41, 5.74) is -0.687. The van der Waals surface area contributed by atoms with Gasteiger partial charge in [-0.25, -0.2) is 4.79 Å². The maximum atomic E-state index is 12.1. The molecule has 0 aromatic heterocycles. The second-order valence-electron chi connectivity index (χ2n) is 6.34. The predicted molar refractivity (Wildman–Crippen MR) is 79.5 cm³/mol. The molecule has 0 radical (unpaired) electrons. The van der Waals surface area contributed by atoms with E-state index in [-0.39, 0.29) is 11.7 Å². The van der Waals surface area contributed by atoms with Crippen LogP contribution in [0.4, 0.5) is 4.79 Å². The minimum Gasteiger partial charge on any atom is -0.444 e. The lowest BCUT2D eigenvalue weighted by Gasteiger charge is -2.29. The molecule has 1 saturated heterocycles. The Hall–Kier alpha value is -1.21. The summed E-state index contributed by atoms with van der Waals surface area (Å²) < 4.78 is 11.4. The van der Waals surface area contributed by atoms with Crippen molar-refractivity contribution in [3.05, 3.63) is 0 Å². The SMILES string of the molecule is C#CCCCOC1(CC)CCN(C(=O)OC(C)(C)C)C1. The first-order valence-corrected chi connectivity index (χ1v) is 7.37. The molecule has 0 aromatic carbocycles. The summed E-state index contributed by atoms with van der Waals surface area (Å²) in [4.78, 5) is 13.8. The molecule has 0 saturated carbocycles. The Morgan fingerprint density at radius 2 is 2.15 bits per heavy atom. The van der Waals surface area contributed by atoms with E-state index in [1.807, 2.05) is 20.8 Å². The first-order valence-electron chi connectivity index (χ1n) is 7.37. The zero-order valence-electron chi connectivity index (χ0n) is 13.2. The monoisotopic (exact) mass is 281 g/mol. The maximum absolute atomic E-state index is 12.1. The Morgan fingerprint density at radius 1 is 1.45 bits per heavy atom. The third-order valence-electron chi connectivity index (χ3n) is 3.49. The third kappa shape index (κ3) is 5.05. The van der Waals surface area contributed by atoms with Crippen LogP contribution in [-0.4, -0.2) is 41.9 Å². The van der Waals surface area contributed by atoms with Crippen molar-refractivity contribution in [3.8, 4) is 12.3 Å². The number of hydrogen-bond acceptors (Lipinski definition) is 3. The molecule has 0 aromatic rings. The fraction of sp³-hybridized carbons (Fsp3) is 0.812. The molecule has 0 aliphatic carbocycles. The van der Waals surface area contributed by atoms with Crippen molar-refractivity contribution in [3.63, 3.8) is 0 Å². The molecule has 114 valence electrons. The van der Waals surface area contributed by atoms with Crippen LogP contribution in [-0.2, 0) is 9.47 Å². The van der Waals surface area contributed by atoms with Crippen molar-refractivity contribution >= 4 is 6.09 Å². The number of amides is 1. The van der Waals surface area contributed by atoms with Gasteiger partial charge in [0.2, 0.25) is 0 Å². The van der Waals surface area contributed by atoms with E-state index in [0.29, 0.717) is 19.7 Å². The quantitative estimate of drug-likeness (QED) is 0.574. The Morgan fingerprint density at radius 3 is 2.70 bits per heavy atom. The molecular weight excluding hydrogens is 254 g/mol. The standard InChI is InChI=1S/C16H27NO3/c1-6-8-9-12-19-16(7-2)10-11-17(13-16)14(18)20-15(3,4)5/h1H,7-13H2,2-5H3. The van der Waals surface area contributed by atoms with Crippen LogP contribution in [0, 0.1) is 12.3 Å². The first-order chi connectivity index (χ1) is 9.32. The van der Waals surface area contributed by atoms with Crippen molar-refractivity contribution in [2.24, 2.45) is 0 Å². The molecule has 1 rings (SSSR count). The molecule has 1 fully saturated rings. The van der Waals surface area contributed by atoms with Gasteiger partial charge in [0.15, 0.2) is 0 Å². The summed E-state index contributed by atoms with van der Waals surface area (Å²) in [7, 11) is 0. The number of ether oxygens (including phenoxy) is 2. The van der Waals surface area contributed by atoms with Crippen LogP contribution in [0.3, 0.4) is 0 Å². The van der Waals surface area contributed by atoms with Gasteiger partial charge in [-0.2, -0.15) is 0 Å². The molecule has 1 unspecified atom stereocenters. The molecule has 1 aliphatic heterocycles. The minimum absolute atomic E-state index is 0.231. The lowest BCUT2D eigenvalue weighted by atomic mass is 10.00. The number of terminal acetylenes is 1. The summed E-state index contributed by atoms with van der Waals surface area (Å²) in [5.74, 6) is 2.61. The zero-order valence-corrected chi connectivity index (χ0v) is 13.2. The number of rotatable bonds is 5. The summed E-state index contributed by atoms with van der Waals surface area (Å²) >= 11 is 0. The lowest BCUT2D eigenvalue weighted by Crippen LogP contribution is -2.40. The molecule has 0 spiro atoms. The normalized spacial score (nSPS) is 22.6. The fourth-order valence-corrected chi connectivity index (χ4v) is 2.30. The second kappa shape index (κ2) is 6.99. The Kier molecular flexibility index (Phi) is 5.88. The van der Waals surface area contributed by atoms with Gasteiger partial charge < -0.3 is 14.4 Å². The van der Waals surface area contributed by atoms with E-state index in [4.69, 9.17) is 15.9 Å². The molecule has 1 heterocycles. The number of nitrogens with zero attached hydrogens (tertiary/aromatic N) is 1. The highest BCUT2D eigenvalue weighted by molar-refractivity contribution is 5.68. The summed E-state index contributed by atoms with van der Waals surface area (Å²) in [5, 5.41) is 0. The maximum Gasteiger partial charge on any atom is 0.410 e. The van der Waals surface area contributed by atoms with Crippen LogP contribution >= 0.6 is 0 Å². The molecule has 1 amide bonds. The van der Waals surface area contributed by atoms with Gasteiger partial charge in [0.25, 0.3) is 0 Å². The molecule has 4 heteroatoms. The minimum atomic E-state index is -0.456. The van der Waals surface area contributed by atoms with E-state index in [1.165, 1.54) is 0 Å². The first kappa shape index (κ1) is 16.8. The molecular formula is C16H27NO3. The molecule has 0 bridgehead atoms. The number of carbonyl (C=O) groups is 1. The Labute approximate surface area is 122 Å². The van der Waals surface area contributed by atoms with E-state index in [2.05, 4.69) is 12.8 Å². The third-order valence-corrected chi connectivity index (χ3v) is 3.49. The van der Waals surface area contributed by atoms with Crippen molar-refractivity contribution in [2.75, 3.05) is 19.7 Å². The van der Waals surface area contributed by atoms with Crippen LogP contribution in [0.2, 0.25) is 0 Å². The lowest BCUT2D eigenvalue weighted by molar-refractivity contribution is -0.0429. The average molecular weight is 281 g/mol. The van der Waals surface area contributed by atoms with Gasteiger partial charge in [-0.15, -0.1) is 12.3 Å². The van der Waals surface area contributed by atoms with E-state index in [9.17, 15) is 4.79 Å². The second-order valence-corrected chi connectivity index (χ2v) is 6.34. The molecule has 1 atom stereocenters. The zero-order chi connectivity index (χ0) is 15.2. The fourth-order valence-electron chi connectivity index (χ4n) is 2.30. The topological polar surface area (TPSA) is 38.8 Å². The summed E-state index contributed by atoms with van der Waals surface area (Å²) in [6.45, 7) is 9.69. The van der Waals surface area contributed by atoms with Crippen molar-refractivity contribution in [2.45, 2.75) is 64.6 Å². The van der Waals surface area contributed by atoms with Gasteiger partial charge in [0.1, 0.15) is 5.60 Å². The highest BCUT2D eigenvalue weighted by atomic mass is 16.6. The smallest absolute Gasteiger partial charge is 0.410 e. The molecule has 1 aliphatic rings. The van der Waals surface area contributed by atoms with Crippen LogP contribution in [0.15, 0.2) is 0 Å².